The van der Waals surface area contributed by atoms with E-state index in [-0.39, 0.29) is 5.78 Å². The second-order valence-corrected chi connectivity index (χ2v) is 7.39. The largest absolute Gasteiger partial charge is 0.375 e. The molecule has 0 fully saturated rings. The van der Waals surface area contributed by atoms with E-state index in [0.29, 0.717) is 12.1 Å². The molecule has 0 heterocycles. The van der Waals surface area contributed by atoms with Crippen molar-refractivity contribution >= 4 is 17.3 Å². The lowest BCUT2D eigenvalue weighted by Crippen LogP contribution is -2.39. The van der Waals surface area contributed by atoms with Gasteiger partial charge in [0.15, 0.2) is 5.78 Å². The fraction of sp³-hybridized carbons (Fsp3) is 0.762. The molecule has 0 aromatic rings. The highest BCUT2D eigenvalue weighted by atomic mass is 16.2. The molecule has 0 bridgehead atoms. The number of Topliss-reactive ketones (excluding diaryl/α,β-unsaturated/α-hetero) is 2. The number of likely N-dealkylation sites (N-methyl/N-ethyl adjacent to an activating group) is 1. The molecule has 142 valence electrons. The van der Waals surface area contributed by atoms with Crippen molar-refractivity contribution in [3.63, 3.8) is 0 Å². The zero-order valence-electron chi connectivity index (χ0n) is 16.3. The Balaban J connectivity index is 2.17. The van der Waals surface area contributed by atoms with Crippen molar-refractivity contribution in [1.82, 2.24) is 4.90 Å². The number of unbranched alkanes of at least 4 members (excludes halogenated alkanes) is 10. The molecular weight excluding hydrogens is 314 g/mol. The summed E-state index contributed by atoms with van der Waals surface area (Å²) in [5, 5.41) is 0. The molecule has 0 radical (unpaired) electrons. The van der Waals surface area contributed by atoms with Crippen LogP contribution in [0.25, 0.3) is 0 Å². The normalized spacial score (nSPS) is 17.8. The zero-order valence-corrected chi connectivity index (χ0v) is 16.3. The van der Waals surface area contributed by atoms with Crippen molar-refractivity contribution in [2.75, 3.05) is 14.1 Å². The third-order valence-corrected chi connectivity index (χ3v) is 4.97. The van der Waals surface area contributed by atoms with Gasteiger partial charge < -0.3 is 4.90 Å². The molecule has 4 heteroatoms. The number of carbonyl (C=O) groups excluding carboxylic acids is 3. The van der Waals surface area contributed by atoms with Gasteiger partial charge in [0, 0.05) is 20.2 Å². The Labute approximate surface area is 153 Å². The molecule has 1 aliphatic carbocycles. The topological polar surface area (TPSA) is 54.5 Å². The standard InChI is InChI=1S/C21H35NO3/c1-4-5-6-7-8-9-10-11-12-13-14-15-17-20(24)18(22(2)3)16-19(23)21(17)25/h16-17H,4-15H2,1-3H3. The van der Waals surface area contributed by atoms with Crippen LogP contribution in [-0.2, 0) is 14.4 Å². The number of allylic oxidation sites excluding steroid dienone is 2. The first-order valence-corrected chi connectivity index (χ1v) is 10.0. The average Bonchev–Trinajstić information content (AvgIpc) is 2.58. The lowest BCUT2D eigenvalue weighted by molar-refractivity contribution is -0.141. The summed E-state index contributed by atoms with van der Waals surface area (Å²) < 4.78 is 0. The molecule has 1 unspecified atom stereocenters. The molecule has 0 aromatic carbocycles. The summed E-state index contributed by atoms with van der Waals surface area (Å²) in [4.78, 5) is 37.7. The maximum absolute atomic E-state index is 12.4. The van der Waals surface area contributed by atoms with Gasteiger partial charge in [0.25, 0.3) is 0 Å². The van der Waals surface area contributed by atoms with Gasteiger partial charge in [-0.1, -0.05) is 77.6 Å². The molecule has 4 nitrogen and oxygen atoms in total. The number of nitrogens with zero attached hydrogens (tertiary/aromatic N) is 1. The van der Waals surface area contributed by atoms with Crippen LogP contribution in [0.5, 0.6) is 0 Å². The third-order valence-electron chi connectivity index (χ3n) is 4.97. The monoisotopic (exact) mass is 349 g/mol. The second-order valence-electron chi connectivity index (χ2n) is 7.39. The molecule has 0 aromatic heterocycles. The van der Waals surface area contributed by atoms with Crippen LogP contribution < -0.4 is 0 Å². The summed E-state index contributed by atoms with van der Waals surface area (Å²) in [6.07, 6.45) is 15.2. The molecule has 0 saturated heterocycles. The summed E-state index contributed by atoms with van der Waals surface area (Å²) in [5.41, 5.74) is 0.359. The van der Waals surface area contributed by atoms with Crippen LogP contribution in [0, 0.1) is 5.92 Å². The van der Waals surface area contributed by atoms with Crippen molar-refractivity contribution in [2.24, 2.45) is 5.92 Å². The molecule has 0 amide bonds. The Morgan fingerprint density at radius 2 is 1.24 bits per heavy atom. The maximum Gasteiger partial charge on any atom is 0.224 e. The molecular formula is C21H35NO3. The van der Waals surface area contributed by atoms with Gasteiger partial charge in [0.05, 0.1) is 11.6 Å². The van der Waals surface area contributed by atoms with Crippen LogP contribution in [0.4, 0.5) is 0 Å². The first kappa shape index (κ1) is 21.6. The maximum atomic E-state index is 12.4. The minimum atomic E-state index is -0.756. The smallest absolute Gasteiger partial charge is 0.224 e. The molecule has 0 spiro atoms. The fourth-order valence-electron chi connectivity index (χ4n) is 3.36. The number of carbonyl (C=O) groups is 3. The van der Waals surface area contributed by atoms with E-state index >= 15 is 0 Å². The minimum Gasteiger partial charge on any atom is -0.375 e. The highest BCUT2D eigenvalue weighted by Crippen LogP contribution is 2.23. The van der Waals surface area contributed by atoms with Crippen LogP contribution in [0.1, 0.15) is 84.0 Å². The molecule has 0 aliphatic heterocycles. The Morgan fingerprint density at radius 3 is 1.72 bits per heavy atom. The van der Waals surface area contributed by atoms with Crippen LogP contribution in [0.3, 0.4) is 0 Å². The van der Waals surface area contributed by atoms with E-state index in [9.17, 15) is 14.4 Å². The predicted molar refractivity (Wildman–Crippen MR) is 101 cm³/mol. The molecule has 0 saturated carbocycles. The van der Waals surface area contributed by atoms with Gasteiger partial charge in [-0.25, -0.2) is 0 Å². The van der Waals surface area contributed by atoms with Crippen LogP contribution in [0.15, 0.2) is 11.8 Å². The van der Waals surface area contributed by atoms with Crippen LogP contribution >= 0.6 is 0 Å². The van der Waals surface area contributed by atoms with Crippen molar-refractivity contribution in [1.29, 1.82) is 0 Å². The van der Waals surface area contributed by atoms with Crippen LogP contribution in [-0.4, -0.2) is 36.3 Å². The van der Waals surface area contributed by atoms with Gasteiger partial charge >= 0.3 is 0 Å². The van der Waals surface area contributed by atoms with E-state index in [1.165, 1.54) is 57.4 Å². The van der Waals surface area contributed by atoms with Crippen molar-refractivity contribution in [2.45, 2.75) is 84.0 Å². The van der Waals surface area contributed by atoms with Crippen molar-refractivity contribution < 1.29 is 14.4 Å². The first-order valence-electron chi connectivity index (χ1n) is 10.0. The number of hydrogen-bond acceptors (Lipinski definition) is 4. The summed E-state index contributed by atoms with van der Waals surface area (Å²) in [6, 6.07) is 0. The van der Waals surface area contributed by atoms with Gasteiger partial charge in [-0.2, -0.15) is 0 Å². The van der Waals surface area contributed by atoms with Crippen molar-refractivity contribution in [3.05, 3.63) is 11.8 Å². The quantitative estimate of drug-likeness (QED) is 0.280. The lowest BCUT2D eigenvalue weighted by Gasteiger charge is -2.24. The van der Waals surface area contributed by atoms with E-state index < -0.39 is 17.5 Å². The summed E-state index contributed by atoms with van der Waals surface area (Å²) in [6.45, 7) is 2.24. The Morgan fingerprint density at radius 1 is 0.760 bits per heavy atom. The Bertz CT molecular complexity index is 480. The summed E-state index contributed by atoms with van der Waals surface area (Å²) in [7, 11) is 3.46. The SMILES string of the molecule is CCCCCCCCCCCCCC1C(=O)C(=O)C=C(N(C)C)C1=O. The third kappa shape index (κ3) is 7.54. The molecule has 25 heavy (non-hydrogen) atoms. The minimum absolute atomic E-state index is 0.193. The zero-order chi connectivity index (χ0) is 18.7. The van der Waals surface area contributed by atoms with Crippen molar-refractivity contribution in [3.8, 4) is 0 Å². The Kier molecular flexibility index (Phi) is 10.4. The molecule has 1 atom stereocenters. The van der Waals surface area contributed by atoms with Gasteiger partial charge in [0.2, 0.25) is 11.6 Å². The lowest BCUT2D eigenvalue weighted by atomic mass is 9.84. The van der Waals surface area contributed by atoms with E-state index in [4.69, 9.17) is 0 Å². The summed E-state index contributed by atoms with van der Waals surface area (Å²) in [5.74, 6) is -2.01. The van der Waals surface area contributed by atoms with E-state index in [1.54, 1.807) is 19.0 Å². The first-order chi connectivity index (χ1) is 12.0. The van der Waals surface area contributed by atoms with Gasteiger partial charge in [-0.3, -0.25) is 14.4 Å². The fourth-order valence-corrected chi connectivity index (χ4v) is 3.36. The highest BCUT2D eigenvalue weighted by molar-refractivity contribution is 6.49. The van der Waals surface area contributed by atoms with E-state index in [0.717, 1.165) is 19.3 Å². The van der Waals surface area contributed by atoms with Crippen LogP contribution in [0.2, 0.25) is 0 Å². The van der Waals surface area contributed by atoms with Gasteiger partial charge in [-0.15, -0.1) is 0 Å². The molecule has 1 rings (SSSR count). The number of rotatable bonds is 13. The highest BCUT2D eigenvalue weighted by Gasteiger charge is 2.37. The van der Waals surface area contributed by atoms with Gasteiger partial charge in [-0.05, 0) is 6.42 Å². The molecule has 1 aliphatic rings. The van der Waals surface area contributed by atoms with Gasteiger partial charge in [0.1, 0.15) is 0 Å². The van der Waals surface area contributed by atoms with E-state index in [1.807, 2.05) is 0 Å². The number of ketones is 3. The predicted octanol–water partition coefficient (Wildman–Crippen LogP) is 4.47. The Hall–Kier alpha value is -1.45. The summed E-state index contributed by atoms with van der Waals surface area (Å²) >= 11 is 0. The second kappa shape index (κ2) is 12.0. The average molecular weight is 350 g/mol. The van der Waals surface area contributed by atoms with E-state index in [2.05, 4.69) is 6.92 Å². The molecule has 0 N–H and O–H groups in total. The number of hydrogen-bond donors (Lipinski definition) is 0.